The van der Waals surface area contributed by atoms with E-state index < -0.39 is 0 Å². The van der Waals surface area contributed by atoms with E-state index in [0.29, 0.717) is 12.1 Å². The van der Waals surface area contributed by atoms with E-state index in [2.05, 4.69) is 58.9 Å². The zero-order chi connectivity index (χ0) is 21.5. The number of guanidine groups is 1. The number of hydrogen-bond donors (Lipinski definition) is 3. The van der Waals surface area contributed by atoms with Gasteiger partial charge in [-0.3, -0.25) is 4.79 Å². The van der Waals surface area contributed by atoms with Crippen LogP contribution in [0.2, 0.25) is 0 Å². The first-order valence-electron chi connectivity index (χ1n) is 10.4. The molecule has 158 valence electrons. The highest BCUT2D eigenvalue weighted by Crippen LogP contribution is 2.22. The van der Waals surface area contributed by atoms with Gasteiger partial charge in [-0.25, -0.2) is 4.99 Å². The average molecular weight is 406 g/mol. The molecule has 0 aliphatic heterocycles. The molecule has 0 aliphatic carbocycles. The lowest BCUT2D eigenvalue weighted by Crippen LogP contribution is -2.38. The van der Waals surface area contributed by atoms with Gasteiger partial charge in [0.1, 0.15) is 0 Å². The number of benzene rings is 2. The summed E-state index contributed by atoms with van der Waals surface area (Å²) < 4.78 is 0. The standard InChI is InChI=1S/C24H31N5O/c1-5-25-24(28-15-18-9-11-19(12-10-18)23(30)29(3)4)26-14-13-20-16-27-21-8-6-7-17(2)22(20)21/h6-12,16,27H,5,13-15H2,1-4H3,(H2,25,26,28). The lowest BCUT2D eigenvalue weighted by atomic mass is 10.1. The lowest BCUT2D eigenvalue weighted by molar-refractivity contribution is 0.0827. The van der Waals surface area contributed by atoms with Gasteiger partial charge in [-0.05, 0) is 55.2 Å². The normalized spacial score (nSPS) is 11.5. The molecule has 6 heteroatoms. The first-order valence-corrected chi connectivity index (χ1v) is 10.4. The molecule has 6 nitrogen and oxygen atoms in total. The third-order valence-electron chi connectivity index (χ3n) is 5.05. The molecule has 3 N–H and O–H groups in total. The Morgan fingerprint density at radius 3 is 2.57 bits per heavy atom. The Labute approximate surface area is 178 Å². The van der Waals surface area contributed by atoms with Gasteiger partial charge in [-0.2, -0.15) is 0 Å². The van der Waals surface area contributed by atoms with E-state index >= 15 is 0 Å². The molecular weight excluding hydrogens is 374 g/mol. The first-order chi connectivity index (χ1) is 14.5. The van der Waals surface area contributed by atoms with Gasteiger partial charge in [-0.1, -0.05) is 24.3 Å². The van der Waals surface area contributed by atoms with Crippen molar-refractivity contribution >= 4 is 22.8 Å². The van der Waals surface area contributed by atoms with Crippen molar-refractivity contribution in [2.45, 2.75) is 26.8 Å². The molecule has 3 rings (SSSR count). The highest BCUT2D eigenvalue weighted by atomic mass is 16.2. The quantitative estimate of drug-likeness (QED) is 0.416. The Morgan fingerprint density at radius 2 is 1.87 bits per heavy atom. The second kappa shape index (κ2) is 9.96. The third-order valence-corrected chi connectivity index (χ3v) is 5.05. The smallest absolute Gasteiger partial charge is 0.253 e. The Hall–Kier alpha value is -3.28. The predicted molar refractivity (Wildman–Crippen MR) is 124 cm³/mol. The van der Waals surface area contributed by atoms with E-state index in [-0.39, 0.29) is 5.91 Å². The molecule has 0 saturated carbocycles. The molecule has 3 aromatic rings. The van der Waals surface area contributed by atoms with Gasteiger partial charge in [0.15, 0.2) is 5.96 Å². The fraction of sp³-hybridized carbons (Fsp3) is 0.333. The summed E-state index contributed by atoms with van der Waals surface area (Å²) >= 11 is 0. The fourth-order valence-electron chi connectivity index (χ4n) is 3.49. The van der Waals surface area contributed by atoms with Gasteiger partial charge in [0.05, 0.1) is 6.54 Å². The molecule has 0 saturated heterocycles. The van der Waals surface area contributed by atoms with Crippen LogP contribution in [0, 0.1) is 6.92 Å². The van der Waals surface area contributed by atoms with Gasteiger partial charge in [-0.15, -0.1) is 0 Å². The van der Waals surface area contributed by atoms with Crippen molar-refractivity contribution in [3.63, 3.8) is 0 Å². The van der Waals surface area contributed by atoms with E-state index in [4.69, 9.17) is 0 Å². The second-order valence-electron chi connectivity index (χ2n) is 7.58. The lowest BCUT2D eigenvalue weighted by Gasteiger charge is -2.12. The number of hydrogen-bond acceptors (Lipinski definition) is 2. The Morgan fingerprint density at radius 1 is 1.10 bits per heavy atom. The zero-order valence-electron chi connectivity index (χ0n) is 18.2. The molecule has 0 fully saturated rings. The molecule has 1 heterocycles. The third kappa shape index (κ3) is 5.20. The van der Waals surface area contributed by atoms with E-state index in [1.165, 1.54) is 22.0 Å². The largest absolute Gasteiger partial charge is 0.361 e. The Kier molecular flexibility index (Phi) is 7.12. The summed E-state index contributed by atoms with van der Waals surface area (Å²) in [7, 11) is 3.51. The molecular formula is C24H31N5O. The predicted octanol–water partition coefficient (Wildman–Crippen LogP) is 3.48. The summed E-state index contributed by atoms with van der Waals surface area (Å²) in [6.07, 6.45) is 3.01. The molecule has 0 spiro atoms. The van der Waals surface area contributed by atoms with Crippen LogP contribution in [0.15, 0.2) is 53.7 Å². The second-order valence-corrected chi connectivity index (χ2v) is 7.58. The molecule has 1 amide bonds. The maximum atomic E-state index is 12.0. The van der Waals surface area contributed by atoms with Crippen molar-refractivity contribution < 1.29 is 4.79 Å². The number of amides is 1. The number of nitrogens with one attached hydrogen (secondary N) is 3. The summed E-state index contributed by atoms with van der Waals surface area (Å²) in [6.45, 7) is 6.35. The number of fused-ring (bicyclic) bond motifs is 1. The van der Waals surface area contributed by atoms with E-state index in [1.807, 2.05) is 24.3 Å². The van der Waals surface area contributed by atoms with Crippen LogP contribution in [0.5, 0.6) is 0 Å². The molecule has 0 bridgehead atoms. The molecule has 0 unspecified atom stereocenters. The molecule has 30 heavy (non-hydrogen) atoms. The van der Waals surface area contributed by atoms with Crippen LogP contribution in [0.25, 0.3) is 10.9 Å². The van der Waals surface area contributed by atoms with E-state index in [9.17, 15) is 4.79 Å². The first kappa shape index (κ1) is 21.4. The number of H-pyrrole nitrogens is 1. The number of carbonyl (C=O) groups is 1. The van der Waals surface area contributed by atoms with Crippen LogP contribution in [-0.4, -0.2) is 48.9 Å². The van der Waals surface area contributed by atoms with Crippen LogP contribution < -0.4 is 10.6 Å². The maximum Gasteiger partial charge on any atom is 0.253 e. The topological polar surface area (TPSA) is 72.5 Å². The van der Waals surface area contributed by atoms with Gasteiger partial charge < -0.3 is 20.5 Å². The molecule has 0 aliphatic rings. The number of rotatable bonds is 7. The number of nitrogens with zero attached hydrogens (tertiary/aromatic N) is 2. The number of aromatic nitrogens is 1. The minimum absolute atomic E-state index is 0.00701. The summed E-state index contributed by atoms with van der Waals surface area (Å²) in [5, 5.41) is 8.03. The number of carbonyl (C=O) groups excluding carboxylic acids is 1. The van der Waals surface area contributed by atoms with Crippen LogP contribution in [0.4, 0.5) is 0 Å². The van der Waals surface area contributed by atoms with Crippen molar-refractivity contribution in [3.8, 4) is 0 Å². The van der Waals surface area contributed by atoms with Gasteiger partial charge in [0.2, 0.25) is 0 Å². The average Bonchev–Trinajstić information content (AvgIpc) is 3.16. The van der Waals surface area contributed by atoms with Crippen LogP contribution in [0.3, 0.4) is 0 Å². The number of aryl methyl sites for hydroxylation is 1. The zero-order valence-corrected chi connectivity index (χ0v) is 18.2. The van der Waals surface area contributed by atoms with Crippen molar-refractivity contribution in [1.82, 2.24) is 20.5 Å². The molecule has 0 atom stereocenters. The minimum atomic E-state index is 0.00701. The summed E-state index contributed by atoms with van der Waals surface area (Å²) in [6, 6.07) is 14.0. The monoisotopic (exact) mass is 405 g/mol. The van der Waals surface area contributed by atoms with Crippen molar-refractivity contribution in [3.05, 3.63) is 70.9 Å². The van der Waals surface area contributed by atoms with Gasteiger partial charge >= 0.3 is 0 Å². The summed E-state index contributed by atoms with van der Waals surface area (Å²) in [5.74, 6) is 0.801. The van der Waals surface area contributed by atoms with Crippen molar-refractivity contribution in [1.29, 1.82) is 0 Å². The van der Waals surface area contributed by atoms with E-state index in [0.717, 1.165) is 31.0 Å². The Balaban J connectivity index is 1.60. The Bertz CT molecular complexity index is 1020. The van der Waals surface area contributed by atoms with E-state index in [1.54, 1.807) is 19.0 Å². The molecule has 2 aromatic carbocycles. The maximum absolute atomic E-state index is 12.0. The van der Waals surface area contributed by atoms with Crippen LogP contribution >= 0.6 is 0 Å². The van der Waals surface area contributed by atoms with Gasteiger partial charge in [0.25, 0.3) is 5.91 Å². The summed E-state index contributed by atoms with van der Waals surface area (Å²) in [4.78, 5) is 21.6. The highest BCUT2D eigenvalue weighted by molar-refractivity contribution is 5.93. The summed E-state index contributed by atoms with van der Waals surface area (Å²) in [5.41, 5.74) is 5.54. The molecule has 0 radical (unpaired) electrons. The highest BCUT2D eigenvalue weighted by Gasteiger charge is 2.08. The van der Waals surface area contributed by atoms with Crippen LogP contribution in [0.1, 0.15) is 34.0 Å². The van der Waals surface area contributed by atoms with Crippen molar-refractivity contribution in [2.75, 3.05) is 27.2 Å². The number of aromatic amines is 1. The van der Waals surface area contributed by atoms with Crippen molar-refractivity contribution in [2.24, 2.45) is 4.99 Å². The molecule has 1 aromatic heterocycles. The van der Waals surface area contributed by atoms with Gasteiger partial charge in [0, 0.05) is 49.8 Å². The fourth-order valence-corrected chi connectivity index (χ4v) is 3.49. The van der Waals surface area contributed by atoms with Crippen LogP contribution in [-0.2, 0) is 13.0 Å². The minimum Gasteiger partial charge on any atom is -0.361 e. The number of aliphatic imine (C=N–C) groups is 1. The SMILES string of the molecule is CCNC(=NCc1ccc(C(=O)N(C)C)cc1)NCCc1c[nH]c2cccc(C)c12.